The van der Waals surface area contributed by atoms with E-state index in [0.29, 0.717) is 49.0 Å². The van der Waals surface area contributed by atoms with Crippen molar-refractivity contribution in [3.8, 4) is 17.2 Å². The number of rotatable bonds is 5. The van der Waals surface area contributed by atoms with E-state index in [9.17, 15) is 9.59 Å². The molecule has 1 fully saturated rings. The van der Waals surface area contributed by atoms with Crippen LogP contribution in [0.15, 0.2) is 16.8 Å². The summed E-state index contributed by atoms with van der Waals surface area (Å²) in [5.74, 6) is 0.574. The van der Waals surface area contributed by atoms with Gasteiger partial charge in [0.1, 0.15) is 0 Å². The number of ether oxygens (including phenoxy) is 3. The Labute approximate surface area is 160 Å². The number of carbonyl (C=O) groups is 2. The van der Waals surface area contributed by atoms with Gasteiger partial charge in [0.25, 0.3) is 11.8 Å². The minimum Gasteiger partial charge on any atom is -0.493 e. The van der Waals surface area contributed by atoms with Crippen LogP contribution in [0.25, 0.3) is 0 Å². The lowest BCUT2D eigenvalue weighted by atomic mass is 10.1. The Hall–Kier alpha value is -3.50. The minimum absolute atomic E-state index is 0.0237. The summed E-state index contributed by atoms with van der Waals surface area (Å²) in [5.41, 5.74) is 5.94. The fourth-order valence-corrected chi connectivity index (χ4v) is 2.99. The molecule has 0 unspecified atom stereocenters. The Morgan fingerprint density at radius 2 is 1.46 bits per heavy atom. The van der Waals surface area contributed by atoms with Crippen molar-refractivity contribution >= 4 is 17.6 Å². The molecule has 0 bridgehead atoms. The number of aromatic nitrogens is 2. The summed E-state index contributed by atoms with van der Waals surface area (Å²) in [5, 5.41) is 6.93. The van der Waals surface area contributed by atoms with Gasteiger partial charge in [-0.25, -0.2) is 4.63 Å². The summed E-state index contributed by atoms with van der Waals surface area (Å²) in [6.07, 6.45) is 0. The monoisotopic (exact) mass is 391 g/mol. The zero-order chi connectivity index (χ0) is 20.3. The lowest BCUT2D eigenvalue weighted by molar-refractivity contribution is 0.0529. The predicted octanol–water partition coefficient (Wildman–Crippen LogP) is 0.276. The molecular weight excluding hydrogens is 370 g/mol. The van der Waals surface area contributed by atoms with E-state index in [1.807, 2.05) is 0 Å². The molecule has 0 atom stereocenters. The molecule has 2 amide bonds. The Kier molecular flexibility index (Phi) is 5.52. The van der Waals surface area contributed by atoms with Crippen molar-refractivity contribution in [2.45, 2.75) is 0 Å². The van der Waals surface area contributed by atoms with E-state index in [4.69, 9.17) is 19.9 Å². The second kappa shape index (κ2) is 8.03. The second-order valence-electron chi connectivity index (χ2n) is 6.00. The van der Waals surface area contributed by atoms with E-state index in [2.05, 4.69) is 14.9 Å². The number of piperazine rings is 1. The van der Waals surface area contributed by atoms with Crippen molar-refractivity contribution in [2.75, 3.05) is 53.2 Å². The first-order valence-corrected chi connectivity index (χ1v) is 8.46. The molecule has 0 aliphatic carbocycles. The van der Waals surface area contributed by atoms with Crippen LogP contribution in [0.4, 0.5) is 5.82 Å². The number of carbonyl (C=O) groups excluding carboxylic acids is 2. The Bertz CT molecular complexity index is 850. The zero-order valence-electron chi connectivity index (χ0n) is 15.8. The summed E-state index contributed by atoms with van der Waals surface area (Å²) < 4.78 is 20.3. The summed E-state index contributed by atoms with van der Waals surface area (Å²) in [6.45, 7) is 1.38. The van der Waals surface area contributed by atoms with Crippen molar-refractivity contribution in [3.63, 3.8) is 0 Å². The number of nitrogen functional groups attached to an aromatic ring is 1. The molecule has 2 N–H and O–H groups in total. The number of hydrogen-bond acceptors (Lipinski definition) is 9. The second-order valence-corrected chi connectivity index (χ2v) is 6.00. The Balaban J connectivity index is 1.72. The first-order valence-electron chi connectivity index (χ1n) is 8.46. The van der Waals surface area contributed by atoms with Gasteiger partial charge in [0.2, 0.25) is 17.3 Å². The van der Waals surface area contributed by atoms with Crippen LogP contribution >= 0.6 is 0 Å². The highest BCUT2D eigenvalue weighted by atomic mass is 16.6. The maximum absolute atomic E-state index is 12.9. The molecule has 1 aromatic carbocycles. The van der Waals surface area contributed by atoms with Crippen LogP contribution in [0.2, 0.25) is 0 Å². The van der Waals surface area contributed by atoms with Gasteiger partial charge in [-0.15, -0.1) is 0 Å². The van der Waals surface area contributed by atoms with Crippen LogP contribution < -0.4 is 19.9 Å². The number of amides is 2. The van der Waals surface area contributed by atoms with Gasteiger partial charge < -0.3 is 29.7 Å². The largest absolute Gasteiger partial charge is 0.493 e. The fourth-order valence-electron chi connectivity index (χ4n) is 2.99. The van der Waals surface area contributed by atoms with Crippen molar-refractivity contribution in [2.24, 2.45) is 0 Å². The van der Waals surface area contributed by atoms with Crippen molar-refractivity contribution in [1.82, 2.24) is 20.1 Å². The van der Waals surface area contributed by atoms with Gasteiger partial charge in [-0.1, -0.05) is 0 Å². The molecule has 2 aromatic rings. The average molecular weight is 391 g/mol. The van der Waals surface area contributed by atoms with Crippen LogP contribution in [-0.4, -0.2) is 79.4 Å². The molecule has 2 heterocycles. The number of benzene rings is 1. The van der Waals surface area contributed by atoms with Crippen LogP contribution in [0, 0.1) is 0 Å². The highest BCUT2D eigenvalue weighted by molar-refractivity contribution is 5.97. The quantitative estimate of drug-likeness (QED) is 0.762. The van der Waals surface area contributed by atoms with Gasteiger partial charge in [0.15, 0.2) is 11.5 Å². The van der Waals surface area contributed by atoms with E-state index in [1.54, 1.807) is 21.9 Å². The number of methoxy groups -OCH3 is 3. The number of anilines is 1. The topological polar surface area (TPSA) is 133 Å². The first-order chi connectivity index (χ1) is 13.5. The third-order valence-corrected chi connectivity index (χ3v) is 4.48. The van der Waals surface area contributed by atoms with E-state index in [1.165, 1.54) is 21.3 Å². The lowest BCUT2D eigenvalue weighted by Gasteiger charge is -2.34. The molecular formula is C17H21N5O6. The van der Waals surface area contributed by atoms with Gasteiger partial charge >= 0.3 is 0 Å². The smallest absolute Gasteiger partial charge is 0.280 e. The van der Waals surface area contributed by atoms with Gasteiger partial charge in [-0.2, -0.15) is 0 Å². The predicted molar refractivity (Wildman–Crippen MR) is 96.6 cm³/mol. The van der Waals surface area contributed by atoms with Crippen molar-refractivity contribution in [1.29, 1.82) is 0 Å². The molecule has 11 nitrogen and oxygen atoms in total. The molecule has 11 heteroatoms. The lowest BCUT2D eigenvalue weighted by Crippen LogP contribution is -2.50. The van der Waals surface area contributed by atoms with Gasteiger partial charge in [-0.3, -0.25) is 9.59 Å². The molecule has 0 spiro atoms. The summed E-state index contributed by atoms with van der Waals surface area (Å²) in [4.78, 5) is 28.5. The maximum atomic E-state index is 12.9. The highest BCUT2D eigenvalue weighted by Crippen LogP contribution is 2.38. The van der Waals surface area contributed by atoms with Crippen LogP contribution in [0.3, 0.4) is 0 Å². The molecule has 1 saturated heterocycles. The SMILES string of the molecule is COc1cc(C(=O)N2CCN(C(=O)c3nonc3N)CC2)cc(OC)c1OC. The molecule has 0 radical (unpaired) electrons. The standard InChI is InChI=1S/C17H21N5O6/c1-25-11-8-10(9-12(26-2)14(11)27-3)16(23)21-4-6-22(7-5-21)17(24)13-15(18)20-28-19-13/h8-9H,4-7H2,1-3H3,(H2,18,20). The Morgan fingerprint density at radius 1 is 0.929 bits per heavy atom. The minimum atomic E-state index is -0.376. The molecule has 1 aromatic heterocycles. The van der Waals surface area contributed by atoms with E-state index in [0.717, 1.165) is 0 Å². The Morgan fingerprint density at radius 3 is 1.89 bits per heavy atom. The molecule has 1 aliphatic rings. The molecule has 1 aliphatic heterocycles. The van der Waals surface area contributed by atoms with Gasteiger partial charge in [-0.05, 0) is 22.4 Å². The molecule has 0 saturated carbocycles. The maximum Gasteiger partial charge on any atom is 0.280 e. The van der Waals surface area contributed by atoms with Gasteiger partial charge in [0.05, 0.1) is 21.3 Å². The van der Waals surface area contributed by atoms with Crippen LogP contribution in [-0.2, 0) is 0 Å². The number of nitrogens with two attached hydrogens (primary N) is 1. The molecule has 28 heavy (non-hydrogen) atoms. The zero-order valence-corrected chi connectivity index (χ0v) is 15.8. The summed E-state index contributed by atoms with van der Waals surface area (Å²) in [7, 11) is 4.47. The van der Waals surface area contributed by atoms with Crippen LogP contribution in [0.5, 0.6) is 17.2 Å². The third-order valence-electron chi connectivity index (χ3n) is 4.48. The van der Waals surface area contributed by atoms with Crippen molar-refractivity contribution in [3.05, 3.63) is 23.4 Å². The van der Waals surface area contributed by atoms with Crippen LogP contribution in [0.1, 0.15) is 20.8 Å². The third kappa shape index (κ3) is 3.50. The highest BCUT2D eigenvalue weighted by Gasteiger charge is 2.29. The van der Waals surface area contributed by atoms with Crippen molar-refractivity contribution < 1.29 is 28.4 Å². The fraction of sp³-hybridized carbons (Fsp3) is 0.412. The first kappa shape index (κ1) is 19.3. The van der Waals surface area contributed by atoms with E-state index >= 15 is 0 Å². The normalized spacial score (nSPS) is 14.0. The number of hydrogen-bond donors (Lipinski definition) is 1. The summed E-state index contributed by atoms with van der Waals surface area (Å²) >= 11 is 0. The van der Waals surface area contributed by atoms with E-state index < -0.39 is 0 Å². The molecule has 3 rings (SSSR count). The molecule has 150 valence electrons. The average Bonchev–Trinajstić information content (AvgIpc) is 3.17. The number of nitrogens with zero attached hydrogens (tertiary/aromatic N) is 4. The van der Waals surface area contributed by atoms with E-state index in [-0.39, 0.29) is 23.3 Å². The summed E-state index contributed by atoms with van der Waals surface area (Å²) in [6, 6.07) is 3.20. The van der Waals surface area contributed by atoms with Gasteiger partial charge in [0, 0.05) is 31.7 Å².